The number of nitrogens with zero attached hydrogens (tertiary/aromatic N) is 1. The summed E-state index contributed by atoms with van der Waals surface area (Å²) < 4.78 is 0. The van der Waals surface area contributed by atoms with E-state index in [0.717, 1.165) is 23.3 Å². The van der Waals surface area contributed by atoms with E-state index in [-0.39, 0.29) is 17.6 Å². The summed E-state index contributed by atoms with van der Waals surface area (Å²) in [5.41, 5.74) is 0.902. The van der Waals surface area contributed by atoms with Crippen LogP contribution in [0, 0.1) is 0 Å². The van der Waals surface area contributed by atoms with Crippen LogP contribution in [-0.4, -0.2) is 35.1 Å². The maximum absolute atomic E-state index is 13.0. The van der Waals surface area contributed by atoms with E-state index in [4.69, 9.17) is 11.6 Å². The molecule has 1 N–H and O–H groups in total. The average molecular weight is 419 g/mol. The maximum Gasteiger partial charge on any atom is 0.242 e. The molecule has 2 aromatic rings. The molecule has 0 spiro atoms. The highest BCUT2D eigenvalue weighted by atomic mass is 35.5. The Hall–Kier alpha value is -1.98. The normalized spacial score (nSPS) is 11.7. The van der Waals surface area contributed by atoms with E-state index in [1.165, 1.54) is 11.8 Å². The predicted molar refractivity (Wildman–Crippen MR) is 117 cm³/mol. The lowest BCUT2D eigenvalue weighted by Gasteiger charge is -2.29. The van der Waals surface area contributed by atoms with Crippen LogP contribution in [0.5, 0.6) is 0 Å². The van der Waals surface area contributed by atoms with Crippen LogP contribution in [0.15, 0.2) is 59.5 Å². The van der Waals surface area contributed by atoms with Gasteiger partial charge in [-0.15, -0.1) is 11.8 Å². The fraction of sp³-hybridized carbons (Fsp3) is 0.364. The molecule has 0 aliphatic rings. The van der Waals surface area contributed by atoms with E-state index < -0.39 is 6.04 Å². The van der Waals surface area contributed by atoms with Crippen LogP contribution in [0.3, 0.4) is 0 Å². The highest BCUT2D eigenvalue weighted by Gasteiger charge is 2.26. The fourth-order valence-electron chi connectivity index (χ4n) is 2.70. The summed E-state index contributed by atoms with van der Waals surface area (Å²) in [4.78, 5) is 28.2. The van der Waals surface area contributed by atoms with Gasteiger partial charge in [0.1, 0.15) is 6.04 Å². The van der Waals surface area contributed by atoms with Crippen molar-refractivity contribution in [1.82, 2.24) is 10.2 Å². The van der Waals surface area contributed by atoms with Crippen LogP contribution in [0.2, 0.25) is 5.02 Å². The zero-order chi connectivity index (χ0) is 20.4. The first-order valence-electron chi connectivity index (χ1n) is 9.50. The second kappa shape index (κ2) is 11.8. The molecule has 0 aliphatic heterocycles. The standard InChI is InChI=1S/C22H27ClN2O2S/c1-3-4-13-24-22(27)17(2)25(15-18-9-8-10-19(23)14-18)21(26)16-28-20-11-6-5-7-12-20/h5-12,14,17H,3-4,13,15-16H2,1-2H3,(H,24,27)/t17-/m0/s1. The summed E-state index contributed by atoms with van der Waals surface area (Å²) in [7, 11) is 0. The zero-order valence-electron chi connectivity index (χ0n) is 16.4. The number of rotatable bonds is 10. The Morgan fingerprint density at radius 1 is 1.14 bits per heavy atom. The van der Waals surface area contributed by atoms with E-state index in [1.54, 1.807) is 17.9 Å². The predicted octanol–water partition coefficient (Wildman–Crippen LogP) is 4.77. The number of nitrogens with one attached hydrogen (secondary N) is 1. The third-order valence-electron chi connectivity index (χ3n) is 4.34. The minimum absolute atomic E-state index is 0.0769. The first-order chi connectivity index (χ1) is 13.5. The van der Waals surface area contributed by atoms with Gasteiger partial charge in [0.2, 0.25) is 11.8 Å². The van der Waals surface area contributed by atoms with E-state index in [9.17, 15) is 9.59 Å². The van der Waals surface area contributed by atoms with Crippen molar-refractivity contribution in [2.24, 2.45) is 0 Å². The molecule has 28 heavy (non-hydrogen) atoms. The van der Waals surface area contributed by atoms with E-state index in [1.807, 2.05) is 48.5 Å². The van der Waals surface area contributed by atoms with Crippen LogP contribution in [-0.2, 0) is 16.1 Å². The quantitative estimate of drug-likeness (QED) is 0.446. The fourth-order valence-corrected chi connectivity index (χ4v) is 3.71. The van der Waals surface area contributed by atoms with Crippen molar-refractivity contribution in [3.05, 3.63) is 65.2 Å². The van der Waals surface area contributed by atoms with Gasteiger partial charge in [0, 0.05) is 23.0 Å². The van der Waals surface area contributed by atoms with Gasteiger partial charge in [-0.2, -0.15) is 0 Å². The van der Waals surface area contributed by atoms with Crippen molar-refractivity contribution in [2.45, 2.75) is 44.2 Å². The number of benzene rings is 2. The van der Waals surface area contributed by atoms with Crippen molar-refractivity contribution in [2.75, 3.05) is 12.3 Å². The Morgan fingerprint density at radius 2 is 1.89 bits per heavy atom. The summed E-state index contributed by atoms with van der Waals surface area (Å²) in [5, 5.41) is 3.54. The minimum Gasteiger partial charge on any atom is -0.354 e. The molecule has 0 bridgehead atoms. The lowest BCUT2D eigenvalue weighted by atomic mass is 10.1. The van der Waals surface area contributed by atoms with E-state index in [2.05, 4.69) is 12.2 Å². The number of carbonyl (C=O) groups is 2. The summed E-state index contributed by atoms with van der Waals surface area (Å²) in [6.45, 7) is 4.82. The smallest absolute Gasteiger partial charge is 0.242 e. The second-order valence-electron chi connectivity index (χ2n) is 6.57. The lowest BCUT2D eigenvalue weighted by molar-refractivity contribution is -0.138. The molecule has 6 heteroatoms. The molecule has 0 radical (unpaired) electrons. The Balaban J connectivity index is 2.09. The SMILES string of the molecule is CCCCNC(=O)[C@H](C)N(Cc1cccc(Cl)c1)C(=O)CSc1ccccc1. The topological polar surface area (TPSA) is 49.4 Å². The Morgan fingerprint density at radius 3 is 2.57 bits per heavy atom. The van der Waals surface area contributed by atoms with Crippen LogP contribution in [0.1, 0.15) is 32.3 Å². The number of thioether (sulfide) groups is 1. The van der Waals surface area contributed by atoms with Gasteiger partial charge in [0.05, 0.1) is 5.75 Å². The molecule has 0 saturated carbocycles. The van der Waals surface area contributed by atoms with Crippen molar-refractivity contribution in [1.29, 1.82) is 0 Å². The van der Waals surface area contributed by atoms with Gasteiger partial charge in [-0.25, -0.2) is 0 Å². The van der Waals surface area contributed by atoms with Gasteiger partial charge in [-0.05, 0) is 43.2 Å². The molecule has 0 unspecified atom stereocenters. The second-order valence-corrected chi connectivity index (χ2v) is 8.06. The lowest BCUT2D eigenvalue weighted by Crippen LogP contribution is -2.48. The molecule has 2 rings (SSSR count). The van der Waals surface area contributed by atoms with Crippen LogP contribution < -0.4 is 5.32 Å². The molecule has 0 fully saturated rings. The highest BCUT2D eigenvalue weighted by molar-refractivity contribution is 8.00. The van der Waals surface area contributed by atoms with Crippen LogP contribution in [0.4, 0.5) is 0 Å². The van der Waals surface area contributed by atoms with Gasteiger partial charge >= 0.3 is 0 Å². The molecular formula is C22H27ClN2O2S. The van der Waals surface area contributed by atoms with E-state index >= 15 is 0 Å². The molecule has 2 aromatic carbocycles. The van der Waals surface area contributed by atoms with Crippen molar-refractivity contribution in [3.63, 3.8) is 0 Å². The third-order valence-corrected chi connectivity index (χ3v) is 5.58. The Labute approximate surface area is 176 Å². The largest absolute Gasteiger partial charge is 0.354 e. The first-order valence-corrected chi connectivity index (χ1v) is 10.9. The van der Waals surface area contributed by atoms with Crippen LogP contribution >= 0.6 is 23.4 Å². The van der Waals surface area contributed by atoms with Gasteiger partial charge in [0.15, 0.2) is 0 Å². The molecule has 2 amide bonds. The zero-order valence-corrected chi connectivity index (χ0v) is 17.9. The van der Waals surface area contributed by atoms with Gasteiger partial charge < -0.3 is 10.2 Å². The third kappa shape index (κ3) is 7.21. The molecule has 1 atom stereocenters. The van der Waals surface area contributed by atoms with Gasteiger partial charge in [0.25, 0.3) is 0 Å². The summed E-state index contributed by atoms with van der Waals surface area (Å²) >= 11 is 7.56. The summed E-state index contributed by atoms with van der Waals surface area (Å²) in [6, 6.07) is 16.6. The number of halogens is 1. The highest BCUT2D eigenvalue weighted by Crippen LogP contribution is 2.20. The molecule has 150 valence electrons. The Bertz CT molecular complexity index is 770. The minimum atomic E-state index is -0.556. The Kier molecular flexibility index (Phi) is 9.38. The summed E-state index contributed by atoms with van der Waals surface area (Å²) in [5.74, 6) is 0.0671. The molecular weight excluding hydrogens is 392 g/mol. The monoisotopic (exact) mass is 418 g/mol. The molecule has 0 heterocycles. The molecule has 0 aromatic heterocycles. The average Bonchev–Trinajstić information content (AvgIpc) is 2.70. The van der Waals surface area contributed by atoms with Crippen LogP contribution in [0.25, 0.3) is 0 Å². The number of carbonyl (C=O) groups excluding carboxylic acids is 2. The first kappa shape index (κ1) is 22.3. The van der Waals surface area contributed by atoms with Gasteiger partial charge in [-0.1, -0.05) is 55.3 Å². The molecule has 0 saturated heterocycles. The number of hydrogen-bond acceptors (Lipinski definition) is 3. The van der Waals surface area contributed by atoms with Crippen molar-refractivity contribution in [3.8, 4) is 0 Å². The molecule has 0 aliphatic carbocycles. The van der Waals surface area contributed by atoms with Crippen molar-refractivity contribution < 1.29 is 9.59 Å². The van der Waals surface area contributed by atoms with Crippen molar-refractivity contribution >= 4 is 35.2 Å². The number of amides is 2. The number of hydrogen-bond donors (Lipinski definition) is 1. The summed E-state index contributed by atoms with van der Waals surface area (Å²) in [6.07, 6.45) is 1.93. The van der Waals surface area contributed by atoms with Gasteiger partial charge in [-0.3, -0.25) is 9.59 Å². The molecule has 4 nitrogen and oxygen atoms in total. The van der Waals surface area contributed by atoms with E-state index in [0.29, 0.717) is 18.1 Å². The number of unbranched alkanes of at least 4 members (excludes halogenated alkanes) is 1. The maximum atomic E-state index is 13.0.